The molecule has 0 unspecified atom stereocenters. The minimum absolute atomic E-state index is 0.0337. The minimum atomic E-state index is -0.843. The van der Waals surface area contributed by atoms with Crippen LogP contribution in [0.25, 0.3) is 0 Å². The van der Waals surface area contributed by atoms with Crippen molar-refractivity contribution in [1.82, 2.24) is 0 Å². The van der Waals surface area contributed by atoms with Gasteiger partial charge in [0, 0.05) is 55.7 Å². The molecule has 0 radical (unpaired) electrons. The van der Waals surface area contributed by atoms with Gasteiger partial charge in [0.15, 0.2) is 0 Å². The molecule has 0 atom stereocenters. The van der Waals surface area contributed by atoms with Gasteiger partial charge in [-0.2, -0.15) is 0 Å². The number of esters is 6. The second kappa shape index (κ2) is 25.1. The van der Waals surface area contributed by atoms with Gasteiger partial charge in [0.2, 0.25) is 0 Å². The van der Waals surface area contributed by atoms with E-state index in [0.29, 0.717) is 37.2 Å². The van der Waals surface area contributed by atoms with E-state index < -0.39 is 35.8 Å². The molecule has 0 saturated carbocycles. The van der Waals surface area contributed by atoms with Crippen molar-refractivity contribution in [3.8, 4) is 35.2 Å². The Morgan fingerprint density at radius 2 is 0.892 bits per heavy atom. The molecule has 0 amide bonds. The van der Waals surface area contributed by atoms with E-state index >= 15 is 0 Å². The zero-order valence-electron chi connectivity index (χ0n) is 35.2. The van der Waals surface area contributed by atoms with Gasteiger partial charge in [-0.25, -0.2) is 28.8 Å². The van der Waals surface area contributed by atoms with Crippen LogP contribution in [-0.4, -0.2) is 74.8 Å². The quantitative estimate of drug-likeness (QED) is 0.0156. The Morgan fingerprint density at radius 1 is 0.523 bits per heavy atom. The lowest BCUT2D eigenvalue weighted by Crippen LogP contribution is -2.12. The van der Waals surface area contributed by atoms with Crippen LogP contribution in [-0.2, 0) is 28.5 Å². The highest BCUT2D eigenvalue weighted by Crippen LogP contribution is 2.28. The molecule has 15 heteroatoms. The first-order valence-electron chi connectivity index (χ1n) is 19.6. The predicted octanol–water partition coefficient (Wildman–Crippen LogP) is 8.98. The third-order valence-corrected chi connectivity index (χ3v) is 11.8. The third-order valence-electron chi connectivity index (χ3n) is 8.53. The molecule has 1 aromatic heterocycles. The Kier molecular flexibility index (Phi) is 18.8. The second-order valence-corrected chi connectivity index (χ2v) is 16.5. The fourth-order valence-corrected chi connectivity index (χ4v) is 7.72. The summed E-state index contributed by atoms with van der Waals surface area (Å²) in [5, 5.41) is 0. The van der Waals surface area contributed by atoms with Gasteiger partial charge in [0.05, 0.1) is 27.4 Å². The molecule has 65 heavy (non-hydrogen) atoms. The summed E-state index contributed by atoms with van der Waals surface area (Å²) < 4.78 is 31.0. The van der Waals surface area contributed by atoms with Gasteiger partial charge in [-0.3, -0.25) is 0 Å². The van der Waals surface area contributed by atoms with Crippen molar-refractivity contribution in [1.29, 1.82) is 0 Å². The fraction of sp³-hybridized carbons (Fsp3) is 0.160. The molecule has 12 nitrogen and oxygen atoms in total. The lowest BCUT2D eigenvalue weighted by Gasteiger charge is -2.09. The van der Waals surface area contributed by atoms with Crippen LogP contribution in [0.15, 0.2) is 132 Å². The molecule has 0 spiro atoms. The van der Waals surface area contributed by atoms with E-state index in [-0.39, 0.29) is 32.4 Å². The standard InChI is InChI=1S/C50H40O12S3/c1-5-45(51)59-27-7-29-63-37-19-13-33(14-20-37)9-11-35-17-23-41(39(31-35)47(53)57-3)61-49(55)43-25-26-44(65-43)50(56)62-42-24-18-36(32-40(42)48(54)58-4)12-10-34-15-21-38(22-16-34)64-30-8-28-60-46(52)6-2/h5-6,13-26,31-32H,1-2,7-8,27-30H2,3-4H3. The molecule has 0 bridgehead atoms. The number of thioether (sulfide) groups is 2. The van der Waals surface area contributed by atoms with E-state index in [1.807, 2.05) is 48.5 Å². The number of hydrogen-bond acceptors (Lipinski definition) is 15. The van der Waals surface area contributed by atoms with Crippen molar-refractivity contribution in [2.24, 2.45) is 0 Å². The van der Waals surface area contributed by atoms with Crippen molar-refractivity contribution in [3.63, 3.8) is 0 Å². The van der Waals surface area contributed by atoms with Gasteiger partial charge in [-0.05, 0) is 110 Å². The highest BCUT2D eigenvalue weighted by atomic mass is 32.2. The molecule has 0 saturated heterocycles. The zero-order valence-corrected chi connectivity index (χ0v) is 37.6. The Bertz CT molecular complexity index is 2510. The van der Waals surface area contributed by atoms with Crippen LogP contribution in [0.1, 0.15) is 75.2 Å². The molecule has 330 valence electrons. The minimum Gasteiger partial charge on any atom is -0.465 e. The monoisotopic (exact) mass is 928 g/mol. The molecular weight excluding hydrogens is 889 g/mol. The Morgan fingerprint density at radius 3 is 1.26 bits per heavy atom. The number of methoxy groups -OCH3 is 2. The Hall–Kier alpha value is -7.30. The molecule has 0 N–H and O–H groups in total. The molecule has 5 aromatic rings. The first kappa shape index (κ1) is 48.7. The summed E-state index contributed by atoms with van der Waals surface area (Å²) in [6.45, 7) is 7.38. The maximum atomic E-state index is 13.3. The number of ether oxygens (including phenoxy) is 6. The summed E-state index contributed by atoms with van der Waals surface area (Å²) in [6.07, 6.45) is 3.65. The fourth-order valence-electron chi connectivity index (χ4n) is 5.31. The van der Waals surface area contributed by atoms with Crippen LogP contribution >= 0.6 is 34.9 Å². The largest absolute Gasteiger partial charge is 0.465 e. The van der Waals surface area contributed by atoms with Crippen molar-refractivity contribution in [2.45, 2.75) is 22.6 Å². The van der Waals surface area contributed by atoms with Gasteiger partial charge in [0.1, 0.15) is 32.4 Å². The Labute approximate surface area is 388 Å². The summed E-state index contributed by atoms with van der Waals surface area (Å²) in [5.41, 5.74) is 2.31. The van der Waals surface area contributed by atoms with Gasteiger partial charge in [0.25, 0.3) is 0 Å². The summed E-state index contributed by atoms with van der Waals surface area (Å²) in [6, 6.07) is 26.9. The molecule has 4 aromatic carbocycles. The molecule has 5 rings (SSSR count). The van der Waals surface area contributed by atoms with E-state index in [0.717, 1.165) is 55.9 Å². The average molecular weight is 929 g/mol. The molecule has 0 aliphatic heterocycles. The highest BCUT2D eigenvalue weighted by molar-refractivity contribution is 7.99. The maximum absolute atomic E-state index is 13.3. The van der Waals surface area contributed by atoms with Gasteiger partial charge < -0.3 is 28.4 Å². The van der Waals surface area contributed by atoms with E-state index in [1.165, 1.54) is 50.6 Å². The predicted molar refractivity (Wildman–Crippen MR) is 248 cm³/mol. The zero-order chi connectivity index (χ0) is 46.6. The lowest BCUT2D eigenvalue weighted by molar-refractivity contribution is -0.138. The first-order chi connectivity index (χ1) is 31.5. The van der Waals surface area contributed by atoms with Gasteiger partial charge >= 0.3 is 35.8 Å². The lowest BCUT2D eigenvalue weighted by atomic mass is 10.1. The van der Waals surface area contributed by atoms with E-state index in [1.54, 1.807) is 35.7 Å². The Balaban J connectivity index is 1.19. The van der Waals surface area contributed by atoms with Crippen molar-refractivity contribution >= 4 is 70.7 Å². The molecule has 0 aliphatic rings. The summed E-state index contributed by atoms with van der Waals surface area (Å²) in [4.78, 5) is 76.5. The summed E-state index contributed by atoms with van der Waals surface area (Å²) in [7, 11) is 2.39. The number of rotatable bonds is 18. The number of carbonyl (C=O) groups is 6. The average Bonchev–Trinajstić information content (AvgIpc) is 3.84. The van der Waals surface area contributed by atoms with Crippen LogP contribution in [0.5, 0.6) is 11.5 Å². The van der Waals surface area contributed by atoms with Crippen LogP contribution < -0.4 is 9.47 Å². The van der Waals surface area contributed by atoms with Crippen LogP contribution in [0.2, 0.25) is 0 Å². The van der Waals surface area contributed by atoms with E-state index in [9.17, 15) is 28.8 Å². The molecule has 1 heterocycles. The van der Waals surface area contributed by atoms with Gasteiger partial charge in [-0.15, -0.1) is 34.9 Å². The van der Waals surface area contributed by atoms with E-state index in [2.05, 4.69) is 36.8 Å². The summed E-state index contributed by atoms with van der Waals surface area (Å²) >= 11 is 4.03. The van der Waals surface area contributed by atoms with Crippen molar-refractivity contribution in [3.05, 3.63) is 166 Å². The smallest absolute Gasteiger partial charge is 0.353 e. The van der Waals surface area contributed by atoms with E-state index in [4.69, 9.17) is 28.4 Å². The van der Waals surface area contributed by atoms with Crippen LogP contribution in [0, 0.1) is 23.7 Å². The highest BCUT2D eigenvalue weighted by Gasteiger charge is 2.23. The first-order valence-corrected chi connectivity index (χ1v) is 22.4. The third kappa shape index (κ3) is 15.2. The SMILES string of the molecule is C=CC(=O)OCCCSc1ccc(C#Cc2ccc(OC(=O)c3ccc(C(=O)Oc4ccc(C#Cc5ccc(SCCCOC(=O)C=C)cc5)cc4C(=O)OC)s3)c(C(=O)OC)c2)cc1. The van der Waals surface area contributed by atoms with Crippen molar-refractivity contribution in [2.75, 3.05) is 38.9 Å². The maximum Gasteiger partial charge on any atom is 0.353 e. The number of thiophene rings is 1. The van der Waals surface area contributed by atoms with Crippen LogP contribution in [0.3, 0.4) is 0 Å². The van der Waals surface area contributed by atoms with Gasteiger partial charge in [-0.1, -0.05) is 36.8 Å². The number of benzene rings is 4. The molecule has 0 aliphatic carbocycles. The normalized spacial score (nSPS) is 10.1. The number of carbonyl (C=O) groups excluding carboxylic acids is 6. The molecular formula is C50H40O12S3. The van der Waals surface area contributed by atoms with Crippen molar-refractivity contribution < 1.29 is 57.2 Å². The second-order valence-electron chi connectivity index (χ2n) is 13.0. The number of hydrogen-bond donors (Lipinski definition) is 0. The summed E-state index contributed by atoms with van der Waals surface area (Å²) in [5.74, 6) is 9.40. The topological polar surface area (TPSA) is 158 Å². The van der Waals surface area contributed by atoms with Crippen LogP contribution in [0.4, 0.5) is 0 Å². The molecule has 0 fully saturated rings.